The van der Waals surface area contributed by atoms with Crippen molar-refractivity contribution in [1.82, 2.24) is 0 Å². The van der Waals surface area contributed by atoms with Crippen molar-refractivity contribution in [2.45, 2.75) is 57.8 Å². The highest BCUT2D eigenvalue weighted by Gasteiger charge is 2.40. The predicted octanol–water partition coefficient (Wildman–Crippen LogP) is 2.58. The molecule has 0 atom stereocenters. The van der Waals surface area contributed by atoms with Crippen LogP contribution in [-0.2, 0) is 9.47 Å². The van der Waals surface area contributed by atoms with E-state index in [1.807, 2.05) is 0 Å². The van der Waals surface area contributed by atoms with Gasteiger partial charge < -0.3 is 20.9 Å². The third-order valence-electron chi connectivity index (χ3n) is 2.70. The Kier molecular flexibility index (Phi) is 4.56. The first-order chi connectivity index (χ1) is 8.10. The zero-order valence-corrected chi connectivity index (χ0v) is 12.3. The van der Waals surface area contributed by atoms with Gasteiger partial charge in [-0.15, -0.1) is 0 Å². The summed E-state index contributed by atoms with van der Waals surface area (Å²) in [4.78, 5) is 0. The summed E-state index contributed by atoms with van der Waals surface area (Å²) in [6.07, 6.45) is 4.70. The summed E-state index contributed by atoms with van der Waals surface area (Å²) in [5.41, 5.74) is 10.7. The highest BCUT2D eigenvalue weighted by Crippen LogP contribution is 2.36. The number of halogens is 1. The molecular weight excluding hydrogens is 252 g/mol. The summed E-state index contributed by atoms with van der Waals surface area (Å²) in [6, 6.07) is 0. The molecule has 5 heteroatoms. The molecule has 1 fully saturated rings. The molecular formula is C13H23ClN2O2. The molecule has 1 aliphatic rings. The van der Waals surface area contributed by atoms with Gasteiger partial charge in [-0.2, -0.15) is 0 Å². The van der Waals surface area contributed by atoms with Crippen LogP contribution >= 0.6 is 11.6 Å². The third-order valence-corrected chi connectivity index (χ3v) is 2.83. The topological polar surface area (TPSA) is 70.5 Å². The van der Waals surface area contributed by atoms with E-state index in [9.17, 15) is 0 Å². The second-order valence-corrected chi connectivity index (χ2v) is 6.33. The molecule has 1 saturated heterocycles. The monoisotopic (exact) mass is 274 g/mol. The lowest BCUT2D eigenvalue weighted by atomic mass is 9.87. The van der Waals surface area contributed by atoms with Gasteiger partial charge in [0.25, 0.3) is 0 Å². The molecule has 0 aromatic rings. The first-order valence-corrected chi connectivity index (χ1v) is 6.43. The second-order valence-electron chi connectivity index (χ2n) is 5.89. The molecule has 0 aromatic carbocycles. The molecule has 0 bridgehead atoms. The molecule has 18 heavy (non-hydrogen) atoms. The van der Waals surface area contributed by atoms with E-state index in [4.69, 9.17) is 32.5 Å². The van der Waals surface area contributed by atoms with Crippen molar-refractivity contribution in [2.24, 2.45) is 11.5 Å². The Balaban J connectivity index is 2.67. The lowest BCUT2D eigenvalue weighted by Gasteiger charge is -2.45. The minimum absolute atomic E-state index is 0.0324. The summed E-state index contributed by atoms with van der Waals surface area (Å²) >= 11 is 5.52. The van der Waals surface area contributed by atoms with E-state index >= 15 is 0 Å². The summed E-state index contributed by atoms with van der Waals surface area (Å²) in [5.74, 6) is 0.317. The van der Waals surface area contributed by atoms with Crippen LogP contribution in [0.25, 0.3) is 0 Å². The largest absolute Gasteiger partial charge is 0.476 e. The fourth-order valence-electron chi connectivity index (χ4n) is 2.48. The van der Waals surface area contributed by atoms with Crippen LogP contribution in [0.5, 0.6) is 0 Å². The van der Waals surface area contributed by atoms with E-state index in [-0.39, 0.29) is 22.5 Å². The molecule has 0 aliphatic carbocycles. The fourth-order valence-corrected chi connectivity index (χ4v) is 2.54. The molecule has 4 N–H and O–H groups in total. The molecule has 0 amide bonds. The lowest BCUT2D eigenvalue weighted by molar-refractivity contribution is -0.190. The van der Waals surface area contributed by atoms with E-state index in [0.717, 1.165) is 12.8 Å². The maximum absolute atomic E-state index is 5.98. The molecule has 4 nitrogen and oxygen atoms in total. The standard InChI is InChI=1S/C13H23ClN2O2/c1-12(2)7-9(8-13(3,4)18-12)17-11(16)6-5-10(14)15/h5-6,9H,7-8,15-16H2,1-4H3/b10-5-,11-6+. The molecule has 0 spiro atoms. The average molecular weight is 275 g/mol. The Morgan fingerprint density at radius 3 is 2.11 bits per heavy atom. The van der Waals surface area contributed by atoms with Gasteiger partial charge in [-0.1, -0.05) is 11.6 Å². The van der Waals surface area contributed by atoms with Crippen molar-refractivity contribution >= 4 is 11.6 Å². The smallest absolute Gasteiger partial charge is 0.184 e. The predicted molar refractivity (Wildman–Crippen MR) is 73.7 cm³/mol. The van der Waals surface area contributed by atoms with Crippen LogP contribution in [0.3, 0.4) is 0 Å². The van der Waals surface area contributed by atoms with E-state index in [0.29, 0.717) is 5.88 Å². The van der Waals surface area contributed by atoms with Crippen LogP contribution in [0, 0.1) is 0 Å². The van der Waals surface area contributed by atoms with E-state index in [2.05, 4.69) is 27.7 Å². The number of rotatable bonds is 3. The van der Waals surface area contributed by atoms with Crippen molar-refractivity contribution in [3.8, 4) is 0 Å². The van der Waals surface area contributed by atoms with Crippen molar-refractivity contribution < 1.29 is 9.47 Å². The molecule has 0 unspecified atom stereocenters. The minimum Gasteiger partial charge on any atom is -0.476 e. The minimum atomic E-state index is -0.214. The lowest BCUT2D eigenvalue weighted by Crippen LogP contribution is -2.48. The molecule has 1 heterocycles. The summed E-state index contributed by atoms with van der Waals surface area (Å²) in [7, 11) is 0. The van der Waals surface area contributed by atoms with Gasteiger partial charge in [-0.05, 0) is 33.8 Å². The Morgan fingerprint density at radius 2 is 1.67 bits per heavy atom. The first kappa shape index (κ1) is 15.2. The van der Waals surface area contributed by atoms with Gasteiger partial charge in [0, 0.05) is 18.9 Å². The van der Waals surface area contributed by atoms with E-state index in [1.54, 1.807) is 6.08 Å². The molecule has 1 aliphatic heterocycles. The summed E-state index contributed by atoms with van der Waals surface area (Å²) in [6.45, 7) is 8.23. The maximum Gasteiger partial charge on any atom is 0.184 e. The Morgan fingerprint density at radius 1 is 1.17 bits per heavy atom. The molecule has 0 aromatic heterocycles. The number of allylic oxidation sites excluding steroid dienone is 2. The highest BCUT2D eigenvalue weighted by atomic mass is 35.5. The SMILES string of the molecule is CC1(C)CC(O/C(N)=C/C=C(\N)Cl)CC(C)(C)O1. The average Bonchev–Trinajstić information content (AvgIpc) is 2.09. The van der Waals surface area contributed by atoms with Gasteiger partial charge in [0.05, 0.1) is 16.4 Å². The fraction of sp³-hybridized carbons (Fsp3) is 0.692. The van der Waals surface area contributed by atoms with Crippen LogP contribution in [0.2, 0.25) is 0 Å². The Hall–Kier alpha value is -0.870. The number of hydrogen-bond acceptors (Lipinski definition) is 4. The zero-order valence-electron chi connectivity index (χ0n) is 11.5. The zero-order chi connectivity index (χ0) is 14.0. The Bertz CT molecular complexity index is 342. The van der Waals surface area contributed by atoms with E-state index in [1.165, 1.54) is 6.08 Å². The van der Waals surface area contributed by atoms with Crippen LogP contribution in [-0.4, -0.2) is 17.3 Å². The van der Waals surface area contributed by atoms with Crippen molar-refractivity contribution in [3.63, 3.8) is 0 Å². The molecule has 0 radical (unpaired) electrons. The van der Waals surface area contributed by atoms with Crippen LogP contribution in [0.15, 0.2) is 23.2 Å². The summed E-state index contributed by atoms with van der Waals surface area (Å²) < 4.78 is 11.7. The number of ether oxygens (including phenoxy) is 2. The quantitative estimate of drug-likeness (QED) is 0.471. The molecule has 1 rings (SSSR count). The molecule has 0 saturated carbocycles. The second kappa shape index (κ2) is 5.41. The highest BCUT2D eigenvalue weighted by molar-refractivity contribution is 6.29. The van der Waals surface area contributed by atoms with Crippen molar-refractivity contribution in [2.75, 3.05) is 0 Å². The van der Waals surface area contributed by atoms with Crippen LogP contribution < -0.4 is 11.5 Å². The van der Waals surface area contributed by atoms with Gasteiger partial charge in [0.15, 0.2) is 5.88 Å². The third kappa shape index (κ3) is 5.19. The Labute approximate surface area is 114 Å². The van der Waals surface area contributed by atoms with Gasteiger partial charge in [-0.3, -0.25) is 0 Å². The molecule has 104 valence electrons. The first-order valence-electron chi connectivity index (χ1n) is 6.05. The van der Waals surface area contributed by atoms with Crippen LogP contribution in [0.4, 0.5) is 0 Å². The van der Waals surface area contributed by atoms with Gasteiger partial charge >= 0.3 is 0 Å². The normalized spacial score (nSPS) is 24.9. The van der Waals surface area contributed by atoms with Gasteiger partial charge in [0.2, 0.25) is 0 Å². The summed E-state index contributed by atoms with van der Waals surface area (Å²) in [5, 5.41) is 0.175. The van der Waals surface area contributed by atoms with Crippen LogP contribution in [0.1, 0.15) is 40.5 Å². The van der Waals surface area contributed by atoms with E-state index < -0.39 is 0 Å². The van der Waals surface area contributed by atoms with Gasteiger partial charge in [-0.25, -0.2) is 0 Å². The number of hydrogen-bond donors (Lipinski definition) is 2. The maximum atomic E-state index is 5.98. The van der Waals surface area contributed by atoms with Crippen molar-refractivity contribution in [1.29, 1.82) is 0 Å². The van der Waals surface area contributed by atoms with Gasteiger partial charge in [0.1, 0.15) is 6.10 Å². The van der Waals surface area contributed by atoms with Crippen molar-refractivity contribution in [3.05, 3.63) is 23.2 Å². The number of nitrogens with two attached hydrogens (primary N) is 2.